The molecule has 0 aromatic heterocycles. The molecule has 18 heavy (non-hydrogen) atoms. The number of aromatic hydroxyl groups is 1. The number of benzene rings is 1. The van der Waals surface area contributed by atoms with Crippen LogP contribution in [0, 0.1) is 0 Å². The molecule has 1 aromatic rings. The third kappa shape index (κ3) is 5.08. The van der Waals surface area contributed by atoms with Crippen LogP contribution in [0.3, 0.4) is 0 Å². The molecule has 0 atom stereocenters. The standard InChI is InChI=1S/C14H19BrO3/c1-2-11-5-6-13(16)10-12(11)7-9-18-14(17)4-3-8-15/h5-6,10,16H,2-4,7-9H2,1H3. The first-order valence-electron chi connectivity index (χ1n) is 6.19. The molecule has 0 fully saturated rings. The van der Waals surface area contributed by atoms with Crippen LogP contribution < -0.4 is 0 Å². The molecule has 0 saturated heterocycles. The van der Waals surface area contributed by atoms with Crippen LogP contribution in [0.1, 0.15) is 30.9 Å². The summed E-state index contributed by atoms with van der Waals surface area (Å²) in [5.74, 6) is 0.0977. The second kappa shape index (κ2) is 8.14. The number of carbonyl (C=O) groups is 1. The molecule has 0 heterocycles. The van der Waals surface area contributed by atoms with Gasteiger partial charge >= 0.3 is 5.97 Å². The van der Waals surface area contributed by atoms with E-state index in [-0.39, 0.29) is 11.7 Å². The van der Waals surface area contributed by atoms with Gasteiger partial charge in [0, 0.05) is 18.2 Å². The summed E-state index contributed by atoms with van der Waals surface area (Å²) in [6, 6.07) is 5.34. The quantitative estimate of drug-likeness (QED) is 0.621. The second-order valence-electron chi connectivity index (χ2n) is 4.07. The van der Waals surface area contributed by atoms with E-state index in [2.05, 4.69) is 22.9 Å². The number of alkyl halides is 1. The summed E-state index contributed by atoms with van der Waals surface area (Å²) in [7, 11) is 0. The summed E-state index contributed by atoms with van der Waals surface area (Å²) >= 11 is 3.27. The molecule has 0 aliphatic heterocycles. The van der Waals surface area contributed by atoms with Gasteiger partial charge in [-0.3, -0.25) is 4.79 Å². The lowest BCUT2D eigenvalue weighted by atomic mass is 10.0. The van der Waals surface area contributed by atoms with E-state index in [1.165, 1.54) is 5.56 Å². The Bertz CT molecular complexity index is 391. The van der Waals surface area contributed by atoms with E-state index in [9.17, 15) is 9.90 Å². The average molecular weight is 315 g/mol. The molecular formula is C14H19BrO3. The first-order valence-corrected chi connectivity index (χ1v) is 7.32. The molecule has 0 saturated carbocycles. The number of hydrogen-bond acceptors (Lipinski definition) is 3. The van der Waals surface area contributed by atoms with E-state index in [0.717, 1.165) is 23.7 Å². The SMILES string of the molecule is CCc1ccc(O)cc1CCOC(=O)CCCBr. The van der Waals surface area contributed by atoms with Crippen molar-refractivity contribution in [3.05, 3.63) is 29.3 Å². The Labute approximate surface area is 116 Å². The minimum absolute atomic E-state index is 0.160. The van der Waals surface area contributed by atoms with Crippen molar-refractivity contribution in [2.45, 2.75) is 32.6 Å². The summed E-state index contributed by atoms with van der Waals surface area (Å²) in [5.41, 5.74) is 2.23. The van der Waals surface area contributed by atoms with Gasteiger partial charge in [-0.15, -0.1) is 0 Å². The predicted molar refractivity (Wildman–Crippen MR) is 75.2 cm³/mol. The summed E-state index contributed by atoms with van der Waals surface area (Å²) < 4.78 is 5.15. The van der Waals surface area contributed by atoms with Gasteiger partial charge < -0.3 is 9.84 Å². The van der Waals surface area contributed by atoms with Crippen LogP contribution in [0.25, 0.3) is 0 Å². The number of phenols is 1. The Kier molecular flexibility index (Phi) is 6.80. The number of rotatable bonds is 7. The van der Waals surface area contributed by atoms with Crippen molar-refractivity contribution in [1.82, 2.24) is 0 Å². The molecule has 0 unspecified atom stereocenters. The van der Waals surface area contributed by atoms with Gasteiger partial charge in [-0.25, -0.2) is 0 Å². The Morgan fingerprint density at radius 2 is 2.17 bits per heavy atom. The molecule has 1 aromatic carbocycles. The third-order valence-electron chi connectivity index (χ3n) is 2.72. The monoisotopic (exact) mass is 314 g/mol. The number of aryl methyl sites for hydroxylation is 1. The van der Waals surface area contributed by atoms with E-state index in [1.807, 2.05) is 6.07 Å². The van der Waals surface area contributed by atoms with Crippen LogP contribution in [0.15, 0.2) is 18.2 Å². The highest BCUT2D eigenvalue weighted by Crippen LogP contribution is 2.17. The van der Waals surface area contributed by atoms with Crippen molar-refractivity contribution >= 4 is 21.9 Å². The number of carbonyl (C=O) groups excluding carboxylic acids is 1. The minimum Gasteiger partial charge on any atom is -0.508 e. The van der Waals surface area contributed by atoms with Crippen LogP contribution in [0.2, 0.25) is 0 Å². The Morgan fingerprint density at radius 1 is 1.39 bits per heavy atom. The van der Waals surface area contributed by atoms with Crippen molar-refractivity contribution < 1.29 is 14.6 Å². The topological polar surface area (TPSA) is 46.5 Å². The highest BCUT2D eigenvalue weighted by atomic mass is 79.9. The first kappa shape index (κ1) is 15.0. The average Bonchev–Trinajstić information content (AvgIpc) is 2.36. The van der Waals surface area contributed by atoms with Gasteiger partial charge in [0.2, 0.25) is 0 Å². The fourth-order valence-electron chi connectivity index (χ4n) is 1.75. The van der Waals surface area contributed by atoms with Crippen LogP contribution in [0.4, 0.5) is 0 Å². The molecule has 0 radical (unpaired) electrons. The van der Waals surface area contributed by atoms with E-state index in [4.69, 9.17) is 4.74 Å². The van der Waals surface area contributed by atoms with Crippen molar-refractivity contribution in [2.75, 3.05) is 11.9 Å². The molecule has 0 spiro atoms. The first-order chi connectivity index (χ1) is 8.67. The Balaban J connectivity index is 2.43. The zero-order valence-corrected chi connectivity index (χ0v) is 12.2. The highest BCUT2D eigenvalue weighted by Gasteiger charge is 2.05. The van der Waals surface area contributed by atoms with Gasteiger partial charge in [-0.05, 0) is 36.1 Å². The zero-order valence-electron chi connectivity index (χ0n) is 10.6. The molecule has 0 aliphatic carbocycles. The molecule has 100 valence electrons. The van der Waals surface area contributed by atoms with Crippen LogP contribution in [0.5, 0.6) is 5.75 Å². The molecule has 0 amide bonds. The zero-order chi connectivity index (χ0) is 13.4. The van der Waals surface area contributed by atoms with Crippen molar-refractivity contribution in [3.8, 4) is 5.75 Å². The van der Waals surface area contributed by atoms with Gasteiger partial charge in [0.15, 0.2) is 0 Å². The number of ether oxygens (including phenoxy) is 1. The van der Waals surface area contributed by atoms with Crippen molar-refractivity contribution in [2.24, 2.45) is 0 Å². The molecule has 0 bridgehead atoms. The fraction of sp³-hybridized carbons (Fsp3) is 0.500. The van der Waals surface area contributed by atoms with Gasteiger partial charge in [-0.2, -0.15) is 0 Å². The number of esters is 1. The molecule has 4 heteroatoms. The van der Waals surface area contributed by atoms with Crippen molar-refractivity contribution in [3.63, 3.8) is 0 Å². The van der Waals surface area contributed by atoms with Gasteiger partial charge in [0.1, 0.15) is 5.75 Å². The fourth-order valence-corrected chi connectivity index (χ4v) is 2.03. The summed E-state index contributed by atoms with van der Waals surface area (Å²) in [5, 5.41) is 10.3. The van der Waals surface area contributed by atoms with Crippen LogP contribution in [-0.4, -0.2) is 23.0 Å². The normalized spacial score (nSPS) is 10.3. The Morgan fingerprint density at radius 3 is 2.83 bits per heavy atom. The van der Waals surface area contributed by atoms with E-state index in [0.29, 0.717) is 19.4 Å². The van der Waals surface area contributed by atoms with E-state index in [1.54, 1.807) is 12.1 Å². The summed E-state index contributed by atoms with van der Waals surface area (Å²) in [6.45, 7) is 2.44. The summed E-state index contributed by atoms with van der Waals surface area (Å²) in [4.78, 5) is 11.3. The highest BCUT2D eigenvalue weighted by molar-refractivity contribution is 9.09. The van der Waals surface area contributed by atoms with Gasteiger partial charge in [0.25, 0.3) is 0 Å². The lowest BCUT2D eigenvalue weighted by molar-refractivity contribution is -0.143. The molecule has 1 N–H and O–H groups in total. The molecule has 3 nitrogen and oxygen atoms in total. The number of halogens is 1. The van der Waals surface area contributed by atoms with Crippen LogP contribution in [-0.2, 0) is 22.4 Å². The molecular weight excluding hydrogens is 296 g/mol. The second-order valence-corrected chi connectivity index (χ2v) is 4.86. The largest absolute Gasteiger partial charge is 0.508 e. The number of phenolic OH excluding ortho intramolecular Hbond substituents is 1. The third-order valence-corrected chi connectivity index (χ3v) is 3.28. The van der Waals surface area contributed by atoms with E-state index < -0.39 is 0 Å². The molecule has 0 aliphatic rings. The molecule has 1 rings (SSSR count). The predicted octanol–water partition coefficient (Wildman–Crippen LogP) is 3.22. The van der Waals surface area contributed by atoms with Gasteiger partial charge in [0.05, 0.1) is 6.61 Å². The lowest BCUT2D eigenvalue weighted by Crippen LogP contribution is -2.08. The smallest absolute Gasteiger partial charge is 0.305 e. The summed E-state index contributed by atoms with van der Waals surface area (Å²) in [6.07, 6.45) is 2.81. The number of hydrogen-bond donors (Lipinski definition) is 1. The van der Waals surface area contributed by atoms with E-state index >= 15 is 0 Å². The minimum atomic E-state index is -0.160. The van der Waals surface area contributed by atoms with Crippen molar-refractivity contribution in [1.29, 1.82) is 0 Å². The maximum absolute atomic E-state index is 11.3. The Hall–Kier alpha value is -1.03. The maximum atomic E-state index is 11.3. The van der Waals surface area contributed by atoms with Gasteiger partial charge in [-0.1, -0.05) is 28.9 Å². The van der Waals surface area contributed by atoms with Crippen LogP contribution >= 0.6 is 15.9 Å². The maximum Gasteiger partial charge on any atom is 0.305 e. The lowest BCUT2D eigenvalue weighted by Gasteiger charge is -2.09.